The summed E-state index contributed by atoms with van der Waals surface area (Å²) in [4.78, 5) is 5.22. The van der Waals surface area contributed by atoms with Gasteiger partial charge in [-0.25, -0.2) is 0 Å². The van der Waals surface area contributed by atoms with Crippen LogP contribution in [0.25, 0.3) is 53.1 Å². The number of nitrogens with zero attached hydrogens (tertiary/aromatic N) is 4. The highest BCUT2D eigenvalue weighted by Crippen LogP contribution is 2.47. The topological polar surface area (TPSA) is 51.6 Å². The summed E-state index contributed by atoms with van der Waals surface area (Å²) in [6, 6.07) is 7.08. The Labute approximate surface area is 380 Å². The third-order valence-electron chi connectivity index (χ3n) is 10.0. The Kier molecular flexibility index (Phi) is 24.2. The maximum atomic E-state index is 4.96. The third kappa shape index (κ3) is 13.4. The van der Waals surface area contributed by atoms with Crippen LogP contribution in [0, 0.1) is 35.5 Å². The van der Waals surface area contributed by atoms with Crippen molar-refractivity contribution in [3.63, 3.8) is 0 Å². The highest BCUT2D eigenvalue weighted by atomic mass is 32.2. The molecule has 0 saturated carbocycles. The number of benzene rings is 2. The lowest BCUT2D eigenvalue weighted by atomic mass is 9.94. The fourth-order valence-electron chi connectivity index (χ4n) is 6.69. The minimum Gasteiger partial charge on any atom is -0.172 e. The molecule has 322 valence electrons. The van der Waals surface area contributed by atoms with Gasteiger partial charge >= 0.3 is 0 Å². The van der Waals surface area contributed by atoms with E-state index in [1.165, 1.54) is 60.6 Å². The number of fused-ring (bicyclic) bond motifs is 5. The second-order valence-electron chi connectivity index (χ2n) is 14.4. The standard InChI is InChI=1S/C42H50N4S5.3C2H6.C2H4/c1-10-25(7)17-27(12-3)19-37(47-9)42-29(18-26(8)11-2)21-36(49-42)34-23-32-31(39-41(34)46-51-44-39)22-33(40-38(32)43-50-45-40)35-20-28(16-24(5)6)14-15-30(13-4)48-35;4*1-2/h12,19-26,28,30H,10-11,13,16-18H2,1-9H3;3*1-2H3;1-2H2/b27-12+,37-19-;;;;. The van der Waals surface area contributed by atoms with Crippen LogP contribution in [0.5, 0.6) is 0 Å². The van der Waals surface area contributed by atoms with E-state index >= 15 is 0 Å². The van der Waals surface area contributed by atoms with Crippen LogP contribution in [0.4, 0.5) is 0 Å². The Morgan fingerprint density at radius 2 is 1.36 bits per heavy atom. The van der Waals surface area contributed by atoms with Crippen molar-refractivity contribution in [1.82, 2.24) is 17.5 Å². The predicted octanol–water partition coefficient (Wildman–Crippen LogP) is 17.7. The lowest BCUT2D eigenvalue weighted by Gasteiger charge is -2.14. The van der Waals surface area contributed by atoms with Crippen LogP contribution >= 0.6 is 58.3 Å². The molecule has 9 heteroatoms. The molecule has 0 N–H and O–H groups in total. The molecule has 0 bridgehead atoms. The van der Waals surface area contributed by atoms with Crippen LogP contribution in [-0.4, -0.2) is 29.0 Å². The first-order chi connectivity index (χ1) is 28.7. The predicted molar refractivity (Wildman–Crippen MR) is 277 cm³/mol. The van der Waals surface area contributed by atoms with Gasteiger partial charge in [0.2, 0.25) is 0 Å². The monoisotopic (exact) mass is 888 g/mol. The molecule has 0 fully saturated rings. The van der Waals surface area contributed by atoms with E-state index in [1.54, 1.807) is 0 Å². The van der Waals surface area contributed by atoms with E-state index in [1.807, 2.05) is 76.4 Å². The molecule has 0 spiro atoms. The Morgan fingerprint density at radius 1 is 0.797 bits per heavy atom. The summed E-state index contributed by atoms with van der Waals surface area (Å²) in [5.74, 6) is 9.22. The number of hydrogen-bond acceptors (Lipinski definition) is 9. The van der Waals surface area contributed by atoms with Gasteiger partial charge in [-0.2, -0.15) is 17.5 Å². The van der Waals surface area contributed by atoms with Gasteiger partial charge in [0.15, 0.2) is 0 Å². The van der Waals surface area contributed by atoms with Crippen molar-refractivity contribution in [3.05, 3.63) is 71.2 Å². The third-order valence-corrected chi connectivity index (χ3v) is 14.6. The van der Waals surface area contributed by atoms with Gasteiger partial charge in [0.05, 0.1) is 28.7 Å². The van der Waals surface area contributed by atoms with Crippen molar-refractivity contribution in [2.24, 2.45) is 23.7 Å². The molecule has 1 aliphatic rings. The average Bonchev–Trinajstić information content (AvgIpc) is 4.04. The van der Waals surface area contributed by atoms with E-state index in [2.05, 4.69) is 123 Å². The van der Waals surface area contributed by atoms with Gasteiger partial charge in [-0.15, -0.1) is 48.0 Å². The van der Waals surface area contributed by atoms with Crippen LogP contribution < -0.4 is 0 Å². The van der Waals surface area contributed by atoms with Crippen molar-refractivity contribution in [2.75, 3.05) is 6.26 Å². The average molecular weight is 889 g/mol. The molecule has 59 heavy (non-hydrogen) atoms. The number of rotatable bonds is 14. The molecule has 3 aromatic heterocycles. The van der Waals surface area contributed by atoms with Gasteiger partial charge in [0.25, 0.3) is 0 Å². The van der Waals surface area contributed by atoms with Crippen LogP contribution in [0.3, 0.4) is 0 Å². The van der Waals surface area contributed by atoms with Crippen molar-refractivity contribution in [2.45, 2.75) is 141 Å². The molecule has 4 nitrogen and oxygen atoms in total. The zero-order valence-corrected chi connectivity index (χ0v) is 42.9. The molecule has 0 radical (unpaired) electrons. The lowest BCUT2D eigenvalue weighted by molar-refractivity contribution is 0.542. The highest BCUT2D eigenvalue weighted by molar-refractivity contribution is 8.09. The first-order valence-electron chi connectivity index (χ1n) is 22.0. The molecule has 0 amide bonds. The van der Waals surface area contributed by atoms with Gasteiger partial charge in [0.1, 0.15) is 22.1 Å². The van der Waals surface area contributed by atoms with Gasteiger partial charge in [0, 0.05) is 47.4 Å². The molecule has 4 unspecified atom stereocenters. The molecular weight excluding hydrogens is 817 g/mol. The van der Waals surface area contributed by atoms with Gasteiger partial charge < -0.3 is 0 Å². The first-order valence-corrected chi connectivity index (χ1v) is 26.3. The van der Waals surface area contributed by atoms with Crippen LogP contribution in [0.2, 0.25) is 0 Å². The number of allylic oxidation sites excluding steroid dienone is 4. The van der Waals surface area contributed by atoms with Gasteiger partial charge in [-0.3, -0.25) is 0 Å². The fraction of sp³-hybridized carbons (Fsp3) is 0.520. The molecule has 5 aromatic rings. The summed E-state index contributed by atoms with van der Waals surface area (Å²) in [5.41, 5.74) is 8.96. The zero-order valence-electron chi connectivity index (χ0n) is 38.8. The minimum atomic E-state index is 0.224. The van der Waals surface area contributed by atoms with Crippen LogP contribution in [0.15, 0.2) is 55.2 Å². The number of thiophene rings is 1. The molecular formula is C50H72N4S5. The van der Waals surface area contributed by atoms with E-state index in [0.29, 0.717) is 17.8 Å². The highest BCUT2D eigenvalue weighted by Gasteiger charge is 2.25. The maximum absolute atomic E-state index is 4.96. The first kappa shape index (κ1) is 52.4. The molecule has 4 heterocycles. The largest absolute Gasteiger partial charge is 0.172 e. The van der Waals surface area contributed by atoms with Crippen LogP contribution in [0.1, 0.15) is 145 Å². The molecule has 0 saturated heterocycles. The Morgan fingerprint density at radius 3 is 1.88 bits per heavy atom. The van der Waals surface area contributed by atoms with Gasteiger partial charge in [-0.1, -0.05) is 132 Å². The van der Waals surface area contributed by atoms with E-state index in [9.17, 15) is 0 Å². The van der Waals surface area contributed by atoms with E-state index in [-0.39, 0.29) is 11.2 Å². The van der Waals surface area contributed by atoms with Gasteiger partial charge in [-0.05, 0) is 86.5 Å². The fourth-order valence-corrected chi connectivity index (χ4v) is 11.0. The Bertz CT molecular complexity index is 2190. The van der Waals surface area contributed by atoms with E-state index in [0.717, 1.165) is 76.1 Å². The molecule has 0 aliphatic carbocycles. The number of aromatic nitrogens is 4. The summed E-state index contributed by atoms with van der Waals surface area (Å²) in [7, 11) is 0. The normalized spacial score (nSPS) is 16.2. The summed E-state index contributed by atoms with van der Waals surface area (Å²) < 4.78 is 19.8. The van der Waals surface area contributed by atoms with Crippen LogP contribution in [-0.2, 0) is 6.42 Å². The smallest absolute Gasteiger partial charge is 0.114 e. The van der Waals surface area contributed by atoms with Crippen molar-refractivity contribution >= 4 is 101 Å². The number of thioether (sulfide) groups is 2. The second kappa shape index (κ2) is 27.3. The summed E-state index contributed by atoms with van der Waals surface area (Å²) in [6.45, 7) is 36.3. The Balaban J connectivity index is 0.00000141. The maximum Gasteiger partial charge on any atom is 0.114 e. The number of hydrogen-bond donors (Lipinski definition) is 0. The van der Waals surface area contributed by atoms with Crippen molar-refractivity contribution < 1.29 is 0 Å². The molecule has 1 aliphatic heterocycles. The van der Waals surface area contributed by atoms with Crippen molar-refractivity contribution in [3.8, 4) is 22.3 Å². The summed E-state index contributed by atoms with van der Waals surface area (Å²) >= 11 is 8.25. The second-order valence-corrected chi connectivity index (χ2v) is 18.6. The Hall–Kier alpha value is -2.74. The lowest BCUT2D eigenvalue weighted by Crippen LogP contribution is -1.99. The summed E-state index contributed by atoms with van der Waals surface area (Å²) in [6.07, 6.45) is 15.9. The van der Waals surface area contributed by atoms with E-state index < -0.39 is 0 Å². The molecule has 2 aromatic carbocycles. The van der Waals surface area contributed by atoms with E-state index in [4.69, 9.17) is 17.5 Å². The zero-order chi connectivity index (χ0) is 44.2. The molecule has 4 atom stereocenters. The quantitative estimate of drug-likeness (QED) is 0.0629. The molecule has 6 rings (SSSR count). The minimum absolute atomic E-state index is 0.224. The summed E-state index contributed by atoms with van der Waals surface area (Å²) in [5, 5.41) is 2.45. The SMILES string of the molecule is C/C=C(/C=C(\SC)c1sc(-c2cc3c(cc(C4=CC(CC(C)C)C#CC(CC)S4)c4nsnc43)c3nsnc23)cc1CC(C)CC)CC(C)CC.C=C.CC.CC.CC. The van der Waals surface area contributed by atoms with Crippen molar-refractivity contribution in [1.29, 1.82) is 0 Å².